The number of aromatic nitrogens is 1. The summed E-state index contributed by atoms with van der Waals surface area (Å²) in [5.41, 5.74) is 5.71. The molecule has 0 saturated carbocycles. The van der Waals surface area contributed by atoms with Gasteiger partial charge in [0.05, 0.1) is 0 Å². The Labute approximate surface area is 117 Å². The molecule has 4 unspecified atom stereocenters. The summed E-state index contributed by atoms with van der Waals surface area (Å²) < 4.78 is 0. The normalized spacial score (nSPS) is 35.9. The fraction of sp³-hybridized carbons (Fsp3) is 0.706. The highest BCUT2D eigenvalue weighted by molar-refractivity contribution is 5.38. The first-order valence-corrected chi connectivity index (χ1v) is 7.55. The van der Waals surface area contributed by atoms with Gasteiger partial charge in [0.2, 0.25) is 0 Å². The average Bonchev–Trinajstić information content (AvgIpc) is 2.66. The van der Waals surface area contributed by atoms with Crippen LogP contribution in [0.2, 0.25) is 0 Å². The lowest BCUT2D eigenvalue weighted by atomic mass is 9.74. The molecular weight excluding hydrogens is 232 g/mol. The predicted molar refractivity (Wildman–Crippen MR) is 79.5 cm³/mol. The van der Waals surface area contributed by atoms with Crippen molar-refractivity contribution in [3.05, 3.63) is 28.6 Å². The maximum atomic E-state index is 4.73. The van der Waals surface area contributed by atoms with Crippen LogP contribution in [0, 0.1) is 26.7 Å². The number of hydrogen-bond donors (Lipinski definition) is 0. The molecule has 1 aromatic heterocycles. The number of piperidine rings is 1. The van der Waals surface area contributed by atoms with Crippen LogP contribution >= 0.6 is 0 Å². The smallest absolute Gasteiger partial charge is 0.0413 e. The van der Waals surface area contributed by atoms with Gasteiger partial charge in [0.1, 0.15) is 0 Å². The summed E-state index contributed by atoms with van der Waals surface area (Å²) in [5.74, 6) is 1.45. The fourth-order valence-electron chi connectivity index (χ4n) is 4.99. The third kappa shape index (κ3) is 1.69. The Morgan fingerprint density at radius 2 is 1.95 bits per heavy atom. The van der Waals surface area contributed by atoms with E-state index in [1.54, 1.807) is 0 Å². The summed E-state index contributed by atoms with van der Waals surface area (Å²) in [4.78, 5) is 7.44. The maximum Gasteiger partial charge on any atom is 0.0413 e. The van der Waals surface area contributed by atoms with E-state index in [0.717, 1.165) is 11.6 Å². The van der Waals surface area contributed by atoms with Crippen molar-refractivity contribution in [1.29, 1.82) is 0 Å². The summed E-state index contributed by atoms with van der Waals surface area (Å²) in [6.07, 6.45) is 1.34. The van der Waals surface area contributed by atoms with Gasteiger partial charge in [0, 0.05) is 28.9 Å². The number of aryl methyl sites for hydroxylation is 3. The van der Waals surface area contributed by atoms with Crippen LogP contribution in [0.5, 0.6) is 0 Å². The molecule has 2 aliphatic rings. The first-order valence-electron chi connectivity index (χ1n) is 7.55. The third-order valence-electron chi connectivity index (χ3n) is 5.69. The van der Waals surface area contributed by atoms with Gasteiger partial charge < -0.3 is 0 Å². The zero-order valence-electron chi connectivity index (χ0n) is 13.1. The fourth-order valence-corrected chi connectivity index (χ4v) is 4.99. The zero-order chi connectivity index (χ0) is 13.9. The monoisotopic (exact) mass is 258 g/mol. The molecule has 19 heavy (non-hydrogen) atoms. The van der Waals surface area contributed by atoms with Crippen molar-refractivity contribution in [3.8, 4) is 0 Å². The maximum absolute atomic E-state index is 4.73. The predicted octanol–water partition coefficient (Wildman–Crippen LogP) is 3.59. The van der Waals surface area contributed by atoms with Gasteiger partial charge >= 0.3 is 0 Å². The van der Waals surface area contributed by atoms with Gasteiger partial charge in [-0.05, 0) is 77.6 Å². The molecule has 2 heteroatoms. The molecule has 2 nitrogen and oxygen atoms in total. The molecule has 1 aromatic rings. The molecule has 0 amide bonds. The topological polar surface area (TPSA) is 16.1 Å². The van der Waals surface area contributed by atoms with Gasteiger partial charge in [0.15, 0.2) is 0 Å². The molecule has 2 saturated heterocycles. The molecule has 0 spiro atoms. The van der Waals surface area contributed by atoms with E-state index in [1.807, 2.05) is 0 Å². The molecule has 2 fully saturated rings. The van der Waals surface area contributed by atoms with Crippen LogP contribution in [0.1, 0.15) is 55.6 Å². The van der Waals surface area contributed by atoms with Crippen LogP contribution < -0.4 is 0 Å². The van der Waals surface area contributed by atoms with Crippen molar-refractivity contribution in [2.24, 2.45) is 5.92 Å². The summed E-state index contributed by atoms with van der Waals surface area (Å²) in [5, 5.41) is 0. The number of rotatable bonds is 1. The van der Waals surface area contributed by atoms with Gasteiger partial charge in [-0.15, -0.1) is 0 Å². The first kappa shape index (κ1) is 13.1. The van der Waals surface area contributed by atoms with Crippen LogP contribution in [0.15, 0.2) is 6.07 Å². The lowest BCUT2D eigenvalue weighted by molar-refractivity contribution is 0.169. The molecule has 2 bridgehead atoms. The SMILES string of the molecule is Cc1cc(C)c(C2C(C)N3CCC2C3(C)C)c(C)n1. The van der Waals surface area contributed by atoms with E-state index in [0.29, 0.717) is 17.5 Å². The second-order valence-electron chi connectivity index (χ2n) is 7.09. The Morgan fingerprint density at radius 1 is 1.26 bits per heavy atom. The van der Waals surface area contributed by atoms with Gasteiger partial charge in [-0.2, -0.15) is 0 Å². The Balaban J connectivity index is 2.09. The van der Waals surface area contributed by atoms with Crippen molar-refractivity contribution in [1.82, 2.24) is 9.88 Å². The summed E-state index contributed by atoms with van der Waals surface area (Å²) in [6, 6.07) is 2.90. The number of pyridine rings is 1. The molecule has 2 aliphatic heterocycles. The highest BCUT2D eigenvalue weighted by Gasteiger charge is 2.56. The summed E-state index contributed by atoms with van der Waals surface area (Å²) in [7, 11) is 0. The van der Waals surface area contributed by atoms with Crippen LogP contribution in [-0.2, 0) is 0 Å². The van der Waals surface area contributed by atoms with Crippen LogP contribution in [0.4, 0.5) is 0 Å². The molecule has 0 aromatic carbocycles. The van der Waals surface area contributed by atoms with Gasteiger partial charge in [-0.25, -0.2) is 0 Å². The molecule has 0 N–H and O–H groups in total. The molecule has 4 atom stereocenters. The highest BCUT2D eigenvalue weighted by Crippen LogP contribution is 2.55. The molecule has 3 heterocycles. The van der Waals surface area contributed by atoms with E-state index < -0.39 is 0 Å². The Morgan fingerprint density at radius 3 is 2.47 bits per heavy atom. The van der Waals surface area contributed by atoms with Gasteiger partial charge in [-0.1, -0.05) is 0 Å². The Bertz CT molecular complexity index is 495. The molecule has 0 aliphatic carbocycles. The van der Waals surface area contributed by atoms with Gasteiger partial charge in [0.25, 0.3) is 0 Å². The van der Waals surface area contributed by atoms with E-state index >= 15 is 0 Å². The minimum absolute atomic E-state index is 0.355. The zero-order valence-corrected chi connectivity index (χ0v) is 13.1. The third-order valence-corrected chi connectivity index (χ3v) is 5.69. The summed E-state index contributed by atoms with van der Waals surface area (Å²) in [6.45, 7) is 15.1. The first-order chi connectivity index (χ1) is 8.84. The van der Waals surface area contributed by atoms with Crippen LogP contribution in [-0.4, -0.2) is 28.0 Å². The molecule has 3 rings (SSSR count). The average molecular weight is 258 g/mol. The molecule has 0 radical (unpaired) electrons. The minimum atomic E-state index is 0.355. The number of fused-ring (bicyclic) bond motifs is 2. The second-order valence-corrected chi connectivity index (χ2v) is 7.09. The summed E-state index contributed by atoms with van der Waals surface area (Å²) >= 11 is 0. The molecule has 104 valence electrons. The Hall–Kier alpha value is -0.890. The standard InChI is InChI=1S/C17H26N2/c1-10-9-11(2)18-12(3)15(10)16-13(4)19-8-7-14(16)17(19,5)6/h9,13-14,16H,7-8H2,1-6H3. The van der Waals surface area contributed by atoms with Crippen molar-refractivity contribution >= 4 is 0 Å². The number of hydrogen-bond acceptors (Lipinski definition) is 2. The van der Waals surface area contributed by atoms with E-state index in [-0.39, 0.29) is 0 Å². The van der Waals surface area contributed by atoms with E-state index in [2.05, 4.69) is 52.5 Å². The van der Waals surface area contributed by atoms with Crippen molar-refractivity contribution in [2.45, 2.75) is 65.5 Å². The lowest BCUT2D eigenvalue weighted by Crippen LogP contribution is -2.39. The van der Waals surface area contributed by atoms with Gasteiger partial charge in [-0.3, -0.25) is 9.88 Å². The number of nitrogens with zero attached hydrogens (tertiary/aromatic N) is 2. The van der Waals surface area contributed by atoms with Crippen molar-refractivity contribution in [2.75, 3.05) is 6.54 Å². The van der Waals surface area contributed by atoms with Crippen LogP contribution in [0.3, 0.4) is 0 Å². The van der Waals surface area contributed by atoms with Crippen molar-refractivity contribution in [3.63, 3.8) is 0 Å². The Kier molecular flexibility index (Phi) is 2.79. The quantitative estimate of drug-likeness (QED) is 0.765. The van der Waals surface area contributed by atoms with E-state index in [1.165, 1.54) is 29.8 Å². The highest BCUT2D eigenvalue weighted by atomic mass is 15.3. The van der Waals surface area contributed by atoms with Crippen molar-refractivity contribution < 1.29 is 0 Å². The molecular formula is C17H26N2. The minimum Gasteiger partial charge on any atom is -0.295 e. The second kappa shape index (κ2) is 4.05. The lowest BCUT2D eigenvalue weighted by Gasteiger charge is -2.32. The van der Waals surface area contributed by atoms with E-state index in [4.69, 9.17) is 4.98 Å². The van der Waals surface area contributed by atoms with E-state index in [9.17, 15) is 0 Å². The largest absolute Gasteiger partial charge is 0.295 e. The van der Waals surface area contributed by atoms with Crippen LogP contribution in [0.25, 0.3) is 0 Å².